The van der Waals surface area contributed by atoms with Gasteiger partial charge in [-0.25, -0.2) is 0 Å². The molecular formula is C9H9BN. The number of nitrogens with zero attached hydrogens (tertiary/aromatic N) is 1. The van der Waals surface area contributed by atoms with E-state index in [0.29, 0.717) is 0 Å². The molecule has 0 unspecified atom stereocenters. The minimum Gasteiger partial charge on any atom is -0.269 e. The molecule has 0 aromatic heterocycles. The molecule has 53 valence electrons. The van der Waals surface area contributed by atoms with Crippen molar-refractivity contribution in [2.75, 3.05) is 0 Å². The number of rotatable bonds is 1. The Hall–Kier alpha value is -1.05. The van der Waals surface area contributed by atoms with E-state index in [1.165, 1.54) is 11.1 Å². The van der Waals surface area contributed by atoms with Gasteiger partial charge in [0.15, 0.2) is 0 Å². The van der Waals surface area contributed by atoms with E-state index in [4.69, 9.17) is 0 Å². The van der Waals surface area contributed by atoms with Crippen LogP contribution in [0.3, 0.4) is 0 Å². The van der Waals surface area contributed by atoms with Crippen LogP contribution in [-0.4, -0.2) is 12.9 Å². The molecule has 0 aliphatic carbocycles. The maximum atomic E-state index is 4.43. The van der Waals surface area contributed by atoms with Gasteiger partial charge < -0.3 is 0 Å². The summed E-state index contributed by atoms with van der Waals surface area (Å²) in [5.41, 5.74) is 3.56. The molecule has 0 amide bonds. The number of benzene rings is 1. The van der Waals surface area contributed by atoms with Gasteiger partial charge in [-0.2, -0.15) is 0 Å². The van der Waals surface area contributed by atoms with Crippen molar-refractivity contribution < 1.29 is 0 Å². The summed E-state index contributed by atoms with van der Waals surface area (Å²) in [6, 6.07) is 8.22. The molecule has 1 aliphatic heterocycles. The first-order valence-electron chi connectivity index (χ1n) is 3.91. The minimum atomic E-state index is 1.02. The van der Waals surface area contributed by atoms with Crippen LogP contribution in [-0.2, 0) is 0 Å². The quantitative estimate of drug-likeness (QED) is 0.526. The molecule has 11 heavy (non-hydrogen) atoms. The monoisotopic (exact) mass is 142 g/mol. The molecule has 2 heteroatoms. The van der Waals surface area contributed by atoms with Crippen molar-refractivity contribution in [3.8, 4) is 0 Å². The Balaban J connectivity index is 2.39. The molecular weight excluding hydrogens is 133 g/mol. The molecule has 0 atom stereocenters. The fourth-order valence-electron chi connectivity index (χ4n) is 1.26. The maximum Gasteiger partial charge on any atom is 0.214 e. The Kier molecular flexibility index (Phi) is 1.53. The summed E-state index contributed by atoms with van der Waals surface area (Å²) in [6.07, 6.45) is 1.02. The summed E-state index contributed by atoms with van der Waals surface area (Å²) in [5.74, 6) is 0. The lowest BCUT2D eigenvalue weighted by atomic mass is 9.66. The number of fused-ring (bicyclic) bond motifs is 1. The summed E-state index contributed by atoms with van der Waals surface area (Å²) in [7, 11) is 2.15. The summed E-state index contributed by atoms with van der Waals surface area (Å²) < 4.78 is 0. The largest absolute Gasteiger partial charge is 0.269 e. The topological polar surface area (TPSA) is 12.4 Å². The van der Waals surface area contributed by atoms with Gasteiger partial charge in [-0.15, -0.1) is 0 Å². The van der Waals surface area contributed by atoms with Gasteiger partial charge in [0.2, 0.25) is 7.28 Å². The highest BCUT2D eigenvalue weighted by molar-refractivity contribution is 6.88. The van der Waals surface area contributed by atoms with Gasteiger partial charge in [-0.1, -0.05) is 30.6 Å². The first-order chi connectivity index (χ1) is 5.40. The van der Waals surface area contributed by atoms with E-state index in [2.05, 4.69) is 31.3 Å². The highest BCUT2D eigenvalue weighted by atomic mass is 14.8. The molecule has 2 rings (SSSR count). The Bertz CT molecular complexity index is 304. The predicted octanol–water partition coefficient (Wildman–Crippen LogP) is 1.47. The molecule has 1 aromatic rings. The average Bonchev–Trinajstić information content (AvgIpc) is 2.46. The van der Waals surface area contributed by atoms with Crippen molar-refractivity contribution in [2.45, 2.75) is 13.3 Å². The number of hydrogen-bond donors (Lipinski definition) is 0. The second-order valence-electron chi connectivity index (χ2n) is 2.66. The third-order valence-electron chi connectivity index (χ3n) is 1.89. The van der Waals surface area contributed by atoms with Gasteiger partial charge >= 0.3 is 0 Å². The van der Waals surface area contributed by atoms with Gasteiger partial charge in [-0.3, -0.25) is 4.99 Å². The third kappa shape index (κ3) is 1.09. The van der Waals surface area contributed by atoms with Crippen molar-refractivity contribution in [2.24, 2.45) is 4.99 Å². The molecule has 0 spiro atoms. The molecule has 1 nitrogen and oxygen atoms in total. The summed E-state index contributed by atoms with van der Waals surface area (Å²) in [6.45, 7) is 2.13. The van der Waals surface area contributed by atoms with E-state index in [-0.39, 0.29) is 0 Å². The highest BCUT2D eigenvalue weighted by Gasteiger charge is 2.12. The van der Waals surface area contributed by atoms with Gasteiger partial charge in [0, 0.05) is 0 Å². The zero-order valence-corrected chi connectivity index (χ0v) is 6.54. The van der Waals surface area contributed by atoms with E-state index in [1.54, 1.807) is 0 Å². The van der Waals surface area contributed by atoms with E-state index >= 15 is 0 Å². The van der Waals surface area contributed by atoms with Crippen LogP contribution in [0.15, 0.2) is 29.3 Å². The SMILES string of the molecule is CCC1=Nc2ccccc2[B]1. The normalized spacial score (nSPS) is 13.7. The molecule has 0 N–H and O–H groups in total. The van der Waals surface area contributed by atoms with Crippen molar-refractivity contribution in [1.29, 1.82) is 0 Å². The molecule has 1 radical (unpaired) electrons. The van der Waals surface area contributed by atoms with Gasteiger partial charge in [-0.05, 0) is 18.1 Å². The molecule has 0 fully saturated rings. The minimum absolute atomic E-state index is 1.02. The summed E-state index contributed by atoms with van der Waals surface area (Å²) >= 11 is 0. The summed E-state index contributed by atoms with van der Waals surface area (Å²) in [5, 5.41) is 0. The molecule has 0 saturated heterocycles. The van der Waals surface area contributed by atoms with E-state index in [9.17, 15) is 0 Å². The second kappa shape index (κ2) is 2.53. The van der Waals surface area contributed by atoms with Crippen molar-refractivity contribution >= 4 is 24.0 Å². The summed E-state index contributed by atoms with van der Waals surface area (Å²) in [4.78, 5) is 4.43. The molecule has 1 heterocycles. The number of para-hydroxylation sites is 1. The third-order valence-corrected chi connectivity index (χ3v) is 1.89. The second-order valence-corrected chi connectivity index (χ2v) is 2.66. The predicted molar refractivity (Wildman–Crippen MR) is 49.2 cm³/mol. The number of hydrogen-bond acceptors (Lipinski definition) is 1. The lowest BCUT2D eigenvalue weighted by Gasteiger charge is -1.91. The molecule has 1 aromatic carbocycles. The van der Waals surface area contributed by atoms with Crippen LogP contribution in [0.1, 0.15) is 13.3 Å². The lowest BCUT2D eigenvalue weighted by molar-refractivity contribution is 1.31. The van der Waals surface area contributed by atoms with Crippen LogP contribution >= 0.6 is 0 Å². The van der Waals surface area contributed by atoms with Crippen molar-refractivity contribution in [1.82, 2.24) is 0 Å². The van der Waals surface area contributed by atoms with Crippen LogP contribution in [0, 0.1) is 0 Å². The maximum absolute atomic E-state index is 4.43. The van der Waals surface area contributed by atoms with Crippen LogP contribution in [0.4, 0.5) is 5.69 Å². The van der Waals surface area contributed by atoms with Crippen LogP contribution in [0.2, 0.25) is 0 Å². The Morgan fingerprint density at radius 2 is 2.18 bits per heavy atom. The Labute approximate surface area is 67.4 Å². The van der Waals surface area contributed by atoms with Crippen LogP contribution in [0.25, 0.3) is 0 Å². The van der Waals surface area contributed by atoms with Gasteiger partial charge in [0.1, 0.15) is 0 Å². The lowest BCUT2D eigenvalue weighted by Crippen LogP contribution is -2.16. The number of aliphatic imine (C=N–C) groups is 1. The average molecular weight is 142 g/mol. The Morgan fingerprint density at radius 3 is 2.91 bits per heavy atom. The first-order valence-corrected chi connectivity index (χ1v) is 3.91. The zero-order chi connectivity index (χ0) is 7.68. The fourth-order valence-corrected chi connectivity index (χ4v) is 1.26. The smallest absolute Gasteiger partial charge is 0.214 e. The van der Waals surface area contributed by atoms with Crippen molar-refractivity contribution in [3.63, 3.8) is 0 Å². The molecule has 0 bridgehead atoms. The standard InChI is InChI=1S/C9H9BN/c1-2-9-10-7-5-3-4-6-8(7)11-9/h3-6H,2H2,1H3. The van der Waals surface area contributed by atoms with E-state index < -0.39 is 0 Å². The first kappa shape index (κ1) is 6.65. The zero-order valence-electron chi connectivity index (χ0n) is 6.54. The van der Waals surface area contributed by atoms with Gasteiger partial charge in [0.05, 0.1) is 5.69 Å². The van der Waals surface area contributed by atoms with Crippen LogP contribution < -0.4 is 5.46 Å². The van der Waals surface area contributed by atoms with Gasteiger partial charge in [0.25, 0.3) is 0 Å². The van der Waals surface area contributed by atoms with Crippen LogP contribution in [0.5, 0.6) is 0 Å². The van der Waals surface area contributed by atoms with E-state index in [0.717, 1.165) is 12.1 Å². The van der Waals surface area contributed by atoms with Crippen molar-refractivity contribution in [3.05, 3.63) is 24.3 Å². The highest BCUT2D eigenvalue weighted by Crippen LogP contribution is 2.13. The van der Waals surface area contributed by atoms with E-state index in [1.807, 2.05) is 12.1 Å². The molecule has 0 saturated carbocycles. The molecule has 1 aliphatic rings. The fraction of sp³-hybridized carbons (Fsp3) is 0.222. The Morgan fingerprint density at radius 1 is 1.36 bits per heavy atom.